The average Bonchev–Trinajstić information content (AvgIpc) is 2.82. The predicted molar refractivity (Wildman–Crippen MR) is 66.8 cm³/mol. The summed E-state index contributed by atoms with van der Waals surface area (Å²) in [5, 5.41) is 2.32. The molecule has 1 heterocycles. The Morgan fingerprint density at radius 2 is 2.20 bits per heavy atom. The minimum absolute atomic E-state index is 0.110. The fraction of sp³-hybridized carbons (Fsp3) is 0.250. The van der Waals surface area contributed by atoms with Crippen molar-refractivity contribution in [2.75, 3.05) is 19.7 Å². The molecule has 1 fully saturated rings. The zero-order chi connectivity index (χ0) is 14.7. The first-order valence-corrected chi connectivity index (χ1v) is 6.08. The van der Waals surface area contributed by atoms with Gasteiger partial charge < -0.3 is 10.1 Å². The molecule has 1 aliphatic rings. The van der Waals surface area contributed by atoms with Crippen LogP contribution < -0.4 is 5.32 Å². The van der Waals surface area contributed by atoms with Crippen LogP contribution in [0.25, 0.3) is 0 Å². The third-order valence-electron chi connectivity index (χ3n) is 2.65. The summed E-state index contributed by atoms with van der Waals surface area (Å²) in [4.78, 5) is 35.4. The quantitative estimate of drug-likeness (QED) is 0.851. The molecule has 3 amide bonds. The summed E-state index contributed by atoms with van der Waals surface area (Å²) in [5.74, 6) is -2.57. The van der Waals surface area contributed by atoms with Crippen LogP contribution in [-0.4, -0.2) is 42.5 Å². The third kappa shape index (κ3) is 2.88. The molecule has 1 aromatic carbocycles. The molecule has 0 unspecified atom stereocenters. The number of esters is 1. The Morgan fingerprint density at radius 3 is 2.80 bits per heavy atom. The van der Waals surface area contributed by atoms with E-state index >= 15 is 0 Å². The highest BCUT2D eigenvalue weighted by molar-refractivity contribution is 6.33. The smallest absolute Gasteiger partial charge is 0.343 e. The molecule has 1 aliphatic heterocycles. The lowest BCUT2D eigenvalue weighted by molar-refractivity contribution is -0.130. The van der Waals surface area contributed by atoms with Gasteiger partial charge in [-0.25, -0.2) is 14.0 Å². The van der Waals surface area contributed by atoms with E-state index in [1.54, 1.807) is 0 Å². The van der Waals surface area contributed by atoms with Gasteiger partial charge in [0.25, 0.3) is 5.91 Å². The second kappa shape index (κ2) is 5.87. The van der Waals surface area contributed by atoms with Crippen molar-refractivity contribution in [1.29, 1.82) is 0 Å². The average molecular weight is 301 g/mol. The Balaban J connectivity index is 1.99. The zero-order valence-corrected chi connectivity index (χ0v) is 10.9. The van der Waals surface area contributed by atoms with Crippen LogP contribution in [0.2, 0.25) is 5.02 Å². The van der Waals surface area contributed by atoms with Gasteiger partial charge in [0.05, 0.1) is 5.02 Å². The van der Waals surface area contributed by atoms with Crippen molar-refractivity contribution in [3.63, 3.8) is 0 Å². The van der Waals surface area contributed by atoms with E-state index < -0.39 is 35.9 Å². The minimum atomic E-state index is -1.05. The summed E-state index contributed by atoms with van der Waals surface area (Å²) in [6.07, 6.45) is 0. The summed E-state index contributed by atoms with van der Waals surface area (Å²) in [5.41, 5.74) is -0.437. The van der Waals surface area contributed by atoms with Crippen molar-refractivity contribution >= 4 is 29.5 Å². The van der Waals surface area contributed by atoms with Gasteiger partial charge in [0, 0.05) is 13.1 Å². The molecule has 1 aromatic rings. The standard InChI is InChI=1S/C12H10ClFN2O4/c13-7-2-1-3-8(14)10(7)11(18)20-6-9(17)16-5-4-15-12(16)19/h1-3H,4-6H2,(H,15,19). The molecular weight excluding hydrogens is 291 g/mol. The van der Waals surface area contributed by atoms with Crippen molar-refractivity contribution in [3.05, 3.63) is 34.6 Å². The Kier molecular flexibility index (Phi) is 4.19. The zero-order valence-electron chi connectivity index (χ0n) is 10.2. The van der Waals surface area contributed by atoms with Crippen molar-refractivity contribution < 1.29 is 23.5 Å². The summed E-state index contributed by atoms with van der Waals surface area (Å²) in [7, 11) is 0. The number of nitrogens with one attached hydrogen (secondary N) is 1. The van der Waals surface area contributed by atoms with Crippen molar-refractivity contribution in [2.45, 2.75) is 0 Å². The number of carbonyl (C=O) groups excluding carboxylic acids is 3. The van der Waals surface area contributed by atoms with Gasteiger partial charge in [-0.05, 0) is 12.1 Å². The summed E-state index contributed by atoms with van der Waals surface area (Å²) in [6.45, 7) is -0.107. The summed E-state index contributed by atoms with van der Waals surface area (Å²) in [6, 6.07) is 3.18. The second-order valence-electron chi connectivity index (χ2n) is 3.95. The van der Waals surface area contributed by atoms with Crippen molar-refractivity contribution in [3.8, 4) is 0 Å². The molecule has 20 heavy (non-hydrogen) atoms. The molecule has 0 atom stereocenters. The largest absolute Gasteiger partial charge is 0.452 e. The SMILES string of the molecule is O=C(OCC(=O)N1CCNC1=O)c1c(F)cccc1Cl. The maximum Gasteiger partial charge on any atom is 0.343 e. The lowest BCUT2D eigenvalue weighted by Gasteiger charge is -2.12. The molecule has 1 saturated heterocycles. The van der Waals surface area contributed by atoms with Gasteiger partial charge in [0.15, 0.2) is 6.61 Å². The van der Waals surface area contributed by atoms with Crippen LogP contribution in [0.3, 0.4) is 0 Å². The molecule has 1 N–H and O–H groups in total. The van der Waals surface area contributed by atoms with Crippen LogP contribution in [0.15, 0.2) is 18.2 Å². The molecular formula is C12H10ClFN2O4. The predicted octanol–water partition coefficient (Wildman–Crippen LogP) is 1.19. The van der Waals surface area contributed by atoms with Crippen LogP contribution in [0.1, 0.15) is 10.4 Å². The number of hydrogen-bond acceptors (Lipinski definition) is 4. The number of urea groups is 1. The van der Waals surface area contributed by atoms with Gasteiger partial charge in [-0.15, -0.1) is 0 Å². The number of halogens is 2. The number of benzene rings is 1. The van der Waals surface area contributed by atoms with Gasteiger partial charge in [0.1, 0.15) is 11.4 Å². The van der Waals surface area contributed by atoms with Crippen molar-refractivity contribution in [1.82, 2.24) is 10.2 Å². The topological polar surface area (TPSA) is 75.7 Å². The monoisotopic (exact) mass is 300 g/mol. The fourth-order valence-corrected chi connectivity index (χ4v) is 1.92. The number of hydrogen-bond donors (Lipinski definition) is 1. The van der Waals surface area contributed by atoms with Gasteiger partial charge in [-0.1, -0.05) is 17.7 Å². The third-order valence-corrected chi connectivity index (χ3v) is 2.97. The molecule has 0 saturated carbocycles. The van der Waals surface area contributed by atoms with E-state index in [-0.39, 0.29) is 11.6 Å². The van der Waals surface area contributed by atoms with E-state index in [0.717, 1.165) is 11.0 Å². The Morgan fingerprint density at radius 1 is 1.45 bits per heavy atom. The maximum absolute atomic E-state index is 13.4. The second-order valence-corrected chi connectivity index (χ2v) is 4.36. The molecule has 0 spiro atoms. The van der Waals surface area contributed by atoms with E-state index in [1.165, 1.54) is 12.1 Å². The number of nitrogens with zero attached hydrogens (tertiary/aromatic N) is 1. The van der Waals surface area contributed by atoms with E-state index in [2.05, 4.69) is 10.1 Å². The molecule has 0 aromatic heterocycles. The molecule has 0 bridgehead atoms. The lowest BCUT2D eigenvalue weighted by Crippen LogP contribution is -2.37. The van der Waals surface area contributed by atoms with Gasteiger partial charge >= 0.3 is 12.0 Å². The van der Waals surface area contributed by atoms with E-state index in [1.807, 2.05) is 0 Å². The summed E-state index contributed by atoms with van der Waals surface area (Å²) >= 11 is 5.69. The fourth-order valence-electron chi connectivity index (χ4n) is 1.68. The molecule has 0 aliphatic carbocycles. The van der Waals surface area contributed by atoms with Crippen LogP contribution in [0.4, 0.5) is 9.18 Å². The molecule has 2 rings (SSSR count). The number of imide groups is 1. The highest BCUT2D eigenvalue weighted by atomic mass is 35.5. The summed E-state index contributed by atoms with van der Waals surface area (Å²) < 4.78 is 18.1. The Bertz CT molecular complexity index is 558. The van der Waals surface area contributed by atoms with Crippen LogP contribution in [0, 0.1) is 5.82 Å². The van der Waals surface area contributed by atoms with Crippen molar-refractivity contribution in [2.24, 2.45) is 0 Å². The van der Waals surface area contributed by atoms with E-state index in [0.29, 0.717) is 6.54 Å². The maximum atomic E-state index is 13.4. The van der Waals surface area contributed by atoms with Crippen LogP contribution >= 0.6 is 11.6 Å². The Hall–Kier alpha value is -2.15. The van der Waals surface area contributed by atoms with E-state index in [4.69, 9.17) is 11.6 Å². The first kappa shape index (κ1) is 14.3. The number of amides is 3. The van der Waals surface area contributed by atoms with Crippen LogP contribution in [0.5, 0.6) is 0 Å². The number of carbonyl (C=O) groups is 3. The molecule has 0 radical (unpaired) electrons. The molecule has 8 heteroatoms. The van der Waals surface area contributed by atoms with Gasteiger partial charge in [0.2, 0.25) is 0 Å². The number of rotatable bonds is 3. The normalized spacial score (nSPS) is 14.1. The first-order valence-electron chi connectivity index (χ1n) is 5.70. The van der Waals surface area contributed by atoms with Gasteiger partial charge in [-0.3, -0.25) is 9.69 Å². The van der Waals surface area contributed by atoms with E-state index in [9.17, 15) is 18.8 Å². The first-order chi connectivity index (χ1) is 9.50. The van der Waals surface area contributed by atoms with Gasteiger partial charge in [-0.2, -0.15) is 0 Å². The highest BCUT2D eigenvalue weighted by Gasteiger charge is 2.27. The molecule has 106 valence electrons. The Labute approximate surface area is 118 Å². The van der Waals surface area contributed by atoms with Crippen LogP contribution in [-0.2, 0) is 9.53 Å². The molecule has 6 nitrogen and oxygen atoms in total. The highest BCUT2D eigenvalue weighted by Crippen LogP contribution is 2.19. The minimum Gasteiger partial charge on any atom is -0.452 e. The lowest BCUT2D eigenvalue weighted by atomic mass is 10.2. The number of ether oxygens (including phenoxy) is 1.